The molecule has 1 nitrogen and oxygen atoms in total. The van der Waals surface area contributed by atoms with Gasteiger partial charge in [0.05, 0.1) is 0 Å². The molecule has 0 fully saturated rings. The van der Waals surface area contributed by atoms with Crippen LogP contribution < -0.4 is 0 Å². The fraction of sp³-hybridized carbons (Fsp3) is 0.235. The molecule has 0 amide bonds. The number of halogens is 3. The number of ketones is 1. The molecule has 0 saturated heterocycles. The molecule has 0 aliphatic heterocycles. The highest BCUT2D eigenvalue weighted by Gasteiger charge is 2.29. The molecule has 0 atom stereocenters. The first-order valence-corrected chi connectivity index (χ1v) is 7.33. The van der Waals surface area contributed by atoms with Crippen molar-refractivity contribution in [2.24, 2.45) is 0 Å². The Morgan fingerprint density at radius 2 is 1.62 bits per heavy atom. The van der Waals surface area contributed by atoms with Crippen LogP contribution in [0.4, 0.5) is 8.78 Å². The van der Waals surface area contributed by atoms with Crippen LogP contribution in [0.5, 0.6) is 0 Å². The first-order chi connectivity index (χ1) is 9.80. The van der Waals surface area contributed by atoms with Gasteiger partial charge in [0, 0.05) is 16.3 Å². The van der Waals surface area contributed by atoms with E-state index < -0.39 is 5.41 Å². The van der Waals surface area contributed by atoms with E-state index in [0.717, 1.165) is 11.1 Å². The van der Waals surface area contributed by atoms with Gasteiger partial charge in [0.1, 0.15) is 17.4 Å². The summed E-state index contributed by atoms with van der Waals surface area (Å²) in [5.74, 6) is -0.694. The Bertz CT molecular complexity index is 663. The van der Waals surface area contributed by atoms with Crippen LogP contribution in [0.2, 0.25) is 0 Å². The lowest BCUT2D eigenvalue weighted by Gasteiger charge is -2.24. The summed E-state index contributed by atoms with van der Waals surface area (Å²) >= 11 is 3.27. The van der Waals surface area contributed by atoms with Crippen molar-refractivity contribution in [3.63, 3.8) is 0 Å². The second-order valence-electron chi connectivity index (χ2n) is 5.47. The van der Waals surface area contributed by atoms with Gasteiger partial charge in [0.15, 0.2) is 0 Å². The number of hydrogen-bond acceptors (Lipinski definition) is 1. The van der Waals surface area contributed by atoms with Crippen molar-refractivity contribution in [3.05, 3.63) is 69.7 Å². The van der Waals surface area contributed by atoms with E-state index in [0.29, 0.717) is 4.47 Å². The maximum atomic E-state index is 13.1. The molecular weight excluding hydrogens is 338 g/mol. The van der Waals surface area contributed by atoms with Crippen molar-refractivity contribution in [1.82, 2.24) is 0 Å². The van der Waals surface area contributed by atoms with Gasteiger partial charge in [-0.05, 0) is 49.2 Å². The fourth-order valence-electron chi connectivity index (χ4n) is 2.09. The molecule has 0 aliphatic carbocycles. The van der Waals surface area contributed by atoms with Crippen molar-refractivity contribution in [3.8, 4) is 0 Å². The second-order valence-corrected chi connectivity index (χ2v) is 6.32. The largest absolute Gasteiger partial charge is 0.298 e. The summed E-state index contributed by atoms with van der Waals surface area (Å²) in [5, 5.41) is 0. The molecular formula is C17H15BrF2O. The molecule has 21 heavy (non-hydrogen) atoms. The molecule has 2 aromatic rings. The third-order valence-corrected chi connectivity index (χ3v) is 4.37. The highest BCUT2D eigenvalue weighted by molar-refractivity contribution is 9.10. The van der Waals surface area contributed by atoms with E-state index in [1.807, 2.05) is 0 Å². The smallest absolute Gasteiger partial charge is 0.147 e. The zero-order chi connectivity index (χ0) is 15.6. The Hall–Kier alpha value is -1.55. The van der Waals surface area contributed by atoms with Crippen LogP contribution in [0.1, 0.15) is 25.0 Å². The van der Waals surface area contributed by atoms with Gasteiger partial charge in [-0.3, -0.25) is 4.79 Å². The maximum Gasteiger partial charge on any atom is 0.147 e. The second kappa shape index (κ2) is 6.06. The summed E-state index contributed by atoms with van der Waals surface area (Å²) in [6.45, 7) is 3.61. The number of benzene rings is 2. The summed E-state index contributed by atoms with van der Waals surface area (Å²) in [5.41, 5.74) is 0.755. The summed E-state index contributed by atoms with van der Waals surface area (Å²) in [6, 6.07) is 10.2. The molecule has 0 saturated carbocycles. The zero-order valence-electron chi connectivity index (χ0n) is 11.8. The highest BCUT2D eigenvalue weighted by atomic mass is 79.9. The Kier molecular flexibility index (Phi) is 4.57. The standard InChI is InChI=1S/C17H15BrF2O/c1-17(2,12-4-7-13(19)8-5-12)16(21)9-11-3-6-14(20)10-15(11)18/h3-8,10H,9H2,1-2H3. The van der Waals surface area contributed by atoms with Crippen LogP contribution in [0, 0.1) is 11.6 Å². The molecule has 2 rings (SSSR count). The van der Waals surface area contributed by atoms with E-state index in [4.69, 9.17) is 0 Å². The van der Waals surface area contributed by atoms with E-state index in [-0.39, 0.29) is 23.8 Å². The fourth-order valence-corrected chi connectivity index (χ4v) is 2.58. The summed E-state index contributed by atoms with van der Waals surface area (Å²) in [7, 11) is 0. The maximum absolute atomic E-state index is 13.1. The molecule has 0 radical (unpaired) electrons. The zero-order valence-corrected chi connectivity index (χ0v) is 13.4. The molecule has 0 N–H and O–H groups in total. The Labute approximate surface area is 131 Å². The first-order valence-electron chi connectivity index (χ1n) is 6.54. The molecule has 0 unspecified atom stereocenters. The van der Waals surface area contributed by atoms with Gasteiger partial charge < -0.3 is 0 Å². The first kappa shape index (κ1) is 15.8. The molecule has 4 heteroatoms. The third kappa shape index (κ3) is 3.56. The Morgan fingerprint density at radius 1 is 1.05 bits per heavy atom. The molecule has 0 bridgehead atoms. The van der Waals surface area contributed by atoms with Crippen molar-refractivity contribution in [2.75, 3.05) is 0 Å². The van der Waals surface area contributed by atoms with E-state index >= 15 is 0 Å². The van der Waals surface area contributed by atoms with Gasteiger partial charge in [0.2, 0.25) is 0 Å². The van der Waals surface area contributed by atoms with Gasteiger partial charge in [-0.15, -0.1) is 0 Å². The van der Waals surface area contributed by atoms with Crippen molar-refractivity contribution < 1.29 is 13.6 Å². The predicted molar refractivity (Wildman–Crippen MR) is 82.2 cm³/mol. The van der Waals surface area contributed by atoms with Gasteiger partial charge in [-0.25, -0.2) is 8.78 Å². The quantitative estimate of drug-likeness (QED) is 0.771. The number of carbonyl (C=O) groups is 1. The minimum absolute atomic E-state index is 0.0126. The van der Waals surface area contributed by atoms with Gasteiger partial charge in [-0.2, -0.15) is 0 Å². The summed E-state index contributed by atoms with van der Waals surface area (Å²) < 4.78 is 26.6. The van der Waals surface area contributed by atoms with Crippen molar-refractivity contribution in [1.29, 1.82) is 0 Å². The van der Waals surface area contributed by atoms with E-state index in [1.165, 1.54) is 24.3 Å². The minimum Gasteiger partial charge on any atom is -0.298 e. The lowest BCUT2D eigenvalue weighted by molar-refractivity contribution is -0.122. The molecule has 0 aromatic heterocycles. The van der Waals surface area contributed by atoms with Gasteiger partial charge in [-0.1, -0.05) is 34.1 Å². The Morgan fingerprint density at radius 3 is 2.19 bits per heavy atom. The number of rotatable bonds is 4. The molecule has 2 aromatic carbocycles. The lowest BCUT2D eigenvalue weighted by atomic mass is 9.78. The topological polar surface area (TPSA) is 17.1 Å². The summed E-state index contributed by atoms with van der Waals surface area (Å²) in [6.07, 6.45) is 0.186. The van der Waals surface area contributed by atoms with Crippen molar-refractivity contribution in [2.45, 2.75) is 25.7 Å². The van der Waals surface area contributed by atoms with E-state index in [1.54, 1.807) is 32.0 Å². The molecule has 0 aliphatic rings. The van der Waals surface area contributed by atoms with Crippen LogP contribution in [0.25, 0.3) is 0 Å². The highest BCUT2D eigenvalue weighted by Crippen LogP contribution is 2.28. The summed E-state index contributed by atoms with van der Waals surface area (Å²) in [4.78, 5) is 12.5. The number of Topliss-reactive ketones (excluding diaryl/α,β-unsaturated/α-hetero) is 1. The average molecular weight is 353 g/mol. The molecule has 110 valence electrons. The monoisotopic (exact) mass is 352 g/mol. The SMILES string of the molecule is CC(C)(C(=O)Cc1ccc(F)cc1Br)c1ccc(F)cc1. The van der Waals surface area contributed by atoms with Crippen LogP contribution in [-0.4, -0.2) is 5.78 Å². The van der Waals surface area contributed by atoms with Crippen molar-refractivity contribution >= 4 is 21.7 Å². The third-order valence-electron chi connectivity index (χ3n) is 3.63. The normalized spacial score (nSPS) is 11.5. The van der Waals surface area contributed by atoms with E-state index in [9.17, 15) is 13.6 Å². The number of hydrogen-bond donors (Lipinski definition) is 0. The molecule has 0 heterocycles. The van der Waals surface area contributed by atoms with Gasteiger partial charge >= 0.3 is 0 Å². The predicted octanol–water partition coefficient (Wildman–Crippen LogP) is 4.82. The van der Waals surface area contributed by atoms with E-state index in [2.05, 4.69) is 15.9 Å². The van der Waals surface area contributed by atoms with Crippen LogP contribution in [0.15, 0.2) is 46.9 Å². The minimum atomic E-state index is -0.735. The van der Waals surface area contributed by atoms with Crippen LogP contribution in [-0.2, 0) is 16.6 Å². The van der Waals surface area contributed by atoms with Crippen LogP contribution in [0.3, 0.4) is 0 Å². The lowest BCUT2D eigenvalue weighted by Crippen LogP contribution is -2.30. The van der Waals surface area contributed by atoms with Crippen LogP contribution >= 0.6 is 15.9 Å². The average Bonchev–Trinajstić information content (AvgIpc) is 2.42. The number of carbonyl (C=O) groups excluding carboxylic acids is 1. The molecule has 0 spiro atoms. The Balaban J connectivity index is 2.24. The van der Waals surface area contributed by atoms with Gasteiger partial charge in [0.25, 0.3) is 0 Å².